The minimum absolute atomic E-state index is 0.455. The summed E-state index contributed by atoms with van der Waals surface area (Å²) in [5.41, 5.74) is 8.68. The molecule has 2 nitrogen and oxygen atoms in total. The van der Waals surface area contributed by atoms with E-state index in [0.717, 1.165) is 5.92 Å². The summed E-state index contributed by atoms with van der Waals surface area (Å²) in [6.45, 7) is 5.53. The molecule has 1 aliphatic rings. The maximum Gasteiger partial charge on any atom is 0.0253 e. The zero-order valence-corrected chi connectivity index (χ0v) is 9.16. The smallest absolute Gasteiger partial charge is 0.0253 e. The summed E-state index contributed by atoms with van der Waals surface area (Å²) in [5.74, 6) is 0.801. The Kier molecular flexibility index (Phi) is 2.64. The minimum atomic E-state index is 0.455. The van der Waals surface area contributed by atoms with E-state index in [-0.39, 0.29) is 0 Å². The van der Waals surface area contributed by atoms with Gasteiger partial charge in [-0.1, -0.05) is 0 Å². The lowest BCUT2D eigenvalue weighted by molar-refractivity contribution is 0.442. The third kappa shape index (κ3) is 1.85. The lowest BCUT2D eigenvalue weighted by Crippen LogP contribution is -2.17. The molecule has 1 aliphatic carbocycles. The monoisotopic (exact) mass is 192 g/mol. The van der Waals surface area contributed by atoms with Gasteiger partial charge in [-0.2, -0.15) is 0 Å². The van der Waals surface area contributed by atoms with Crippen LogP contribution >= 0.6 is 0 Å². The topological polar surface area (TPSA) is 30.9 Å². The molecule has 0 unspecified atom stereocenters. The minimum Gasteiger partial charge on any atom is -0.349 e. The van der Waals surface area contributed by atoms with Crippen LogP contribution in [0.15, 0.2) is 12.1 Å². The molecule has 0 saturated heterocycles. The quantitative estimate of drug-likeness (QED) is 0.765. The third-order valence-corrected chi connectivity index (χ3v) is 3.44. The van der Waals surface area contributed by atoms with E-state index in [1.54, 1.807) is 0 Å². The highest BCUT2D eigenvalue weighted by Crippen LogP contribution is 2.26. The van der Waals surface area contributed by atoms with Gasteiger partial charge >= 0.3 is 0 Å². The molecule has 1 aromatic rings. The normalized spacial score (nSPS) is 27.1. The Balaban J connectivity index is 2.04. The Labute approximate surface area is 86.1 Å². The molecule has 2 atom stereocenters. The van der Waals surface area contributed by atoms with Crippen LogP contribution in [0.3, 0.4) is 0 Å². The van der Waals surface area contributed by atoms with Gasteiger partial charge < -0.3 is 10.3 Å². The van der Waals surface area contributed by atoms with Crippen molar-refractivity contribution in [2.75, 3.05) is 0 Å². The van der Waals surface area contributed by atoms with Crippen LogP contribution in [0.25, 0.3) is 0 Å². The van der Waals surface area contributed by atoms with Crippen molar-refractivity contribution in [1.29, 1.82) is 0 Å². The first-order valence-corrected chi connectivity index (χ1v) is 5.55. The van der Waals surface area contributed by atoms with E-state index in [4.69, 9.17) is 5.73 Å². The Hall–Kier alpha value is -0.760. The molecule has 0 aliphatic heterocycles. The highest BCUT2D eigenvalue weighted by atomic mass is 15.0. The van der Waals surface area contributed by atoms with Crippen molar-refractivity contribution in [3.63, 3.8) is 0 Å². The molecule has 0 bridgehead atoms. The van der Waals surface area contributed by atoms with Gasteiger partial charge in [-0.3, -0.25) is 0 Å². The molecule has 2 rings (SSSR count). The fourth-order valence-electron chi connectivity index (χ4n) is 2.52. The summed E-state index contributed by atoms with van der Waals surface area (Å²) in [5, 5.41) is 0. The van der Waals surface area contributed by atoms with Gasteiger partial charge in [-0.05, 0) is 51.2 Å². The highest BCUT2D eigenvalue weighted by Gasteiger charge is 2.22. The number of hydrogen-bond donors (Lipinski definition) is 1. The molecular formula is C12H20N2. The summed E-state index contributed by atoms with van der Waals surface area (Å²) in [6.07, 6.45) is 3.72. The number of hydrogen-bond acceptors (Lipinski definition) is 1. The van der Waals surface area contributed by atoms with E-state index in [1.165, 1.54) is 37.2 Å². The first kappa shape index (κ1) is 9.78. The summed E-state index contributed by atoms with van der Waals surface area (Å²) < 4.78 is 2.42. The molecule has 0 amide bonds. The van der Waals surface area contributed by atoms with Gasteiger partial charge in [0.05, 0.1) is 0 Å². The molecule has 14 heavy (non-hydrogen) atoms. The largest absolute Gasteiger partial charge is 0.349 e. The predicted octanol–water partition coefficient (Wildman–Crippen LogP) is 2.23. The molecular weight excluding hydrogens is 172 g/mol. The predicted molar refractivity (Wildman–Crippen MR) is 59.2 cm³/mol. The fourth-order valence-corrected chi connectivity index (χ4v) is 2.52. The van der Waals surface area contributed by atoms with Gasteiger partial charge in [0, 0.05) is 24.0 Å². The summed E-state index contributed by atoms with van der Waals surface area (Å²) >= 11 is 0. The van der Waals surface area contributed by atoms with Crippen LogP contribution in [0, 0.1) is 19.8 Å². The van der Waals surface area contributed by atoms with Crippen molar-refractivity contribution < 1.29 is 0 Å². The molecule has 0 radical (unpaired) electrons. The van der Waals surface area contributed by atoms with Crippen molar-refractivity contribution in [3.05, 3.63) is 23.5 Å². The van der Waals surface area contributed by atoms with Crippen LogP contribution in [0.5, 0.6) is 0 Å². The summed E-state index contributed by atoms with van der Waals surface area (Å²) in [4.78, 5) is 0. The number of rotatable bonds is 2. The average Bonchev–Trinajstić information content (AvgIpc) is 2.67. The van der Waals surface area contributed by atoms with E-state index >= 15 is 0 Å². The first-order chi connectivity index (χ1) is 6.66. The van der Waals surface area contributed by atoms with Crippen molar-refractivity contribution in [2.45, 2.75) is 45.7 Å². The van der Waals surface area contributed by atoms with Gasteiger partial charge in [-0.25, -0.2) is 0 Å². The van der Waals surface area contributed by atoms with E-state index in [1.807, 2.05) is 0 Å². The number of aryl methyl sites for hydroxylation is 2. The zero-order valence-electron chi connectivity index (χ0n) is 9.16. The summed E-state index contributed by atoms with van der Waals surface area (Å²) in [7, 11) is 0. The lowest BCUT2D eigenvalue weighted by Gasteiger charge is -2.14. The van der Waals surface area contributed by atoms with Crippen LogP contribution in [-0.2, 0) is 6.54 Å². The van der Waals surface area contributed by atoms with Crippen LogP contribution in [0.4, 0.5) is 0 Å². The van der Waals surface area contributed by atoms with Crippen molar-refractivity contribution in [2.24, 2.45) is 11.7 Å². The number of nitrogens with zero attached hydrogens (tertiary/aromatic N) is 1. The van der Waals surface area contributed by atoms with Gasteiger partial charge in [-0.15, -0.1) is 0 Å². The fraction of sp³-hybridized carbons (Fsp3) is 0.667. The maximum absolute atomic E-state index is 5.92. The standard InChI is InChI=1S/C12H20N2/c1-9-3-4-10(2)14(9)8-11-5-6-12(13)7-11/h3-4,11-12H,5-8,13H2,1-2H3/t11-,12+/m0/s1. The third-order valence-electron chi connectivity index (χ3n) is 3.44. The molecule has 78 valence electrons. The van der Waals surface area contributed by atoms with Crippen molar-refractivity contribution in [1.82, 2.24) is 4.57 Å². The Bertz CT molecular complexity index is 295. The second-order valence-corrected chi connectivity index (χ2v) is 4.67. The van der Waals surface area contributed by atoms with E-state index < -0.39 is 0 Å². The number of aromatic nitrogens is 1. The SMILES string of the molecule is Cc1ccc(C)n1C[C@H]1CC[C@@H](N)C1. The van der Waals surface area contributed by atoms with E-state index in [9.17, 15) is 0 Å². The van der Waals surface area contributed by atoms with Gasteiger partial charge in [0.25, 0.3) is 0 Å². The average molecular weight is 192 g/mol. The van der Waals surface area contributed by atoms with Crippen LogP contribution in [-0.4, -0.2) is 10.6 Å². The van der Waals surface area contributed by atoms with Crippen molar-refractivity contribution in [3.8, 4) is 0 Å². The zero-order chi connectivity index (χ0) is 10.1. The van der Waals surface area contributed by atoms with Gasteiger partial charge in [0.1, 0.15) is 0 Å². The Morgan fingerprint density at radius 3 is 2.43 bits per heavy atom. The summed E-state index contributed by atoms with van der Waals surface area (Å²) in [6, 6.07) is 4.85. The van der Waals surface area contributed by atoms with Gasteiger partial charge in [0.2, 0.25) is 0 Å². The molecule has 1 fully saturated rings. The second kappa shape index (κ2) is 3.77. The molecule has 0 aromatic carbocycles. The highest BCUT2D eigenvalue weighted by molar-refractivity contribution is 5.13. The Morgan fingerprint density at radius 2 is 1.93 bits per heavy atom. The van der Waals surface area contributed by atoms with Crippen LogP contribution in [0.1, 0.15) is 30.7 Å². The van der Waals surface area contributed by atoms with E-state index in [2.05, 4.69) is 30.5 Å². The van der Waals surface area contributed by atoms with Crippen molar-refractivity contribution >= 4 is 0 Å². The van der Waals surface area contributed by atoms with E-state index in [0.29, 0.717) is 6.04 Å². The molecule has 2 heteroatoms. The molecule has 1 heterocycles. The molecule has 1 aromatic heterocycles. The number of nitrogens with two attached hydrogens (primary N) is 1. The molecule has 1 saturated carbocycles. The molecule has 0 spiro atoms. The second-order valence-electron chi connectivity index (χ2n) is 4.67. The Morgan fingerprint density at radius 1 is 1.29 bits per heavy atom. The van der Waals surface area contributed by atoms with Gasteiger partial charge in [0.15, 0.2) is 0 Å². The lowest BCUT2D eigenvalue weighted by atomic mass is 10.1. The molecule has 2 N–H and O–H groups in total. The maximum atomic E-state index is 5.92. The first-order valence-electron chi connectivity index (χ1n) is 5.55. The van der Waals surface area contributed by atoms with Crippen LogP contribution in [0.2, 0.25) is 0 Å². The van der Waals surface area contributed by atoms with Crippen LogP contribution < -0.4 is 5.73 Å².